The first-order valence-corrected chi connectivity index (χ1v) is 4.99. The van der Waals surface area contributed by atoms with Gasteiger partial charge in [0.15, 0.2) is 0 Å². The first-order valence-electron chi connectivity index (χ1n) is 4.99. The Kier molecular flexibility index (Phi) is 2.76. The zero-order valence-electron chi connectivity index (χ0n) is 8.86. The van der Waals surface area contributed by atoms with Gasteiger partial charge in [-0.3, -0.25) is 4.79 Å². The van der Waals surface area contributed by atoms with Crippen molar-refractivity contribution < 1.29 is 27.9 Å². The average Bonchev–Trinajstić information content (AvgIpc) is 2.99. The highest BCUT2D eigenvalue weighted by Crippen LogP contribution is 2.38. The molecule has 1 saturated carbocycles. The normalized spacial score (nSPS) is 15.5. The van der Waals surface area contributed by atoms with Crippen LogP contribution in [0.5, 0.6) is 0 Å². The number of aromatic carboxylic acids is 1. The van der Waals surface area contributed by atoms with Crippen LogP contribution in [0.15, 0.2) is 6.20 Å². The average molecular weight is 263 g/mol. The highest BCUT2D eigenvalue weighted by molar-refractivity contribution is 6.01. The Balaban J connectivity index is 2.32. The van der Waals surface area contributed by atoms with E-state index in [1.165, 1.54) is 0 Å². The Morgan fingerprint density at radius 2 is 2.06 bits per heavy atom. The second kappa shape index (κ2) is 4.00. The summed E-state index contributed by atoms with van der Waals surface area (Å²) >= 11 is 0. The van der Waals surface area contributed by atoms with Crippen molar-refractivity contribution in [1.29, 1.82) is 0 Å². The van der Waals surface area contributed by atoms with Gasteiger partial charge in [-0.15, -0.1) is 0 Å². The van der Waals surface area contributed by atoms with Crippen molar-refractivity contribution in [1.82, 2.24) is 9.78 Å². The number of rotatable bonds is 3. The lowest BCUT2D eigenvalue weighted by Gasteiger charge is -2.10. The number of hydrogen-bond acceptors (Lipinski definition) is 3. The number of hydrogen-bond donors (Lipinski definition) is 2. The molecule has 1 aliphatic carbocycles. The standard InChI is InChI=1S/C9H8F3N3O3/c10-9(11,12)8(18)14-6-5(7(16)17)3-13-15(6)4-1-2-4/h3-4H,1-2H2,(H,14,18)(H,16,17). The molecule has 0 saturated heterocycles. The molecule has 0 atom stereocenters. The maximum absolute atomic E-state index is 12.1. The second-order valence-electron chi connectivity index (χ2n) is 3.84. The topological polar surface area (TPSA) is 84.2 Å². The Morgan fingerprint density at radius 3 is 2.50 bits per heavy atom. The summed E-state index contributed by atoms with van der Waals surface area (Å²) in [7, 11) is 0. The van der Waals surface area contributed by atoms with Crippen LogP contribution < -0.4 is 5.32 Å². The van der Waals surface area contributed by atoms with E-state index in [4.69, 9.17) is 5.11 Å². The molecular weight excluding hydrogens is 255 g/mol. The summed E-state index contributed by atoms with van der Waals surface area (Å²) in [6.45, 7) is 0. The zero-order chi connectivity index (χ0) is 13.5. The Bertz CT molecular complexity index is 505. The highest BCUT2D eigenvalue weighted by atomic mass is 19.4. The van der Waals surface area contributed by atoms with E-state index in [2.05, 4.69) is 5.10 Å². The number of carboxylic acids is 1. The van der Waals surface area contributed by atoms with Gasteiger partial charge in [0.05, 0.1) is 12.2 Å². The molecule has 0 aliphatic heterocycles. The third-order valence-corrected chi connectivity index (χ3v) is 2.41. The van der Waals surface area contributed by atoms with E-state index >= 15 is 0 Å². The van der Waals surface area contributed by atoms with E-state index in [9.17, 15) is 22.8 Å². The van der Waals surface area contributed by atoms with Gasteiger partial charge in [0.1, 0.15) is 11.4 Å². The van der Waals surface area contributed by atoms with E-state index < -0.39 is 29.4 Å². The van der Waals surface area contributed by atoms with E-state index in [1.54, 1.807) is 5.32 Å². The van der Waals surface area contributed by atoms with E-state index in [1.807, 2.05) is 0 Å². The third-order valence-electron chi connectivity index (χ3n) is 2.41. The van der Waals surface area contributed by atoms with Gasteiger partial charge < -0.3 is 10.4 Å². The van der Waals surface area contributed by atoms with Crippen molar-refractivity contribution in [2.24, 2.45) is 0 Å². The fraction of sp³-hybridized carbons (Fsp3) is 0.444. The number of carbonyl (C=O) groups is 2. The number of nitrogens with one attached hydrogen (secondary N) is 1. The minimum atomic E-state index is -5.07. The van der Waals surface area contributed by atoms with Gasteiger partial charge in [-0.05, 0) is 12.8 Å². The fourth-order valence-corrected chi connectivity index (χ4v) is 1.42. The van der Waals surface area contributed by atoms with Gasteiger partial charge in [0.25, 0.3) is 0 Å². The molecule has 18 heavy (non-hydrogen) atoms. The van der Waals surface area contributed by atoms with E-state index in [0.717, 1.165) is 10.9 Å². The smallest absolute Gasteiger partial charge is 0.471 e. The fourth-order valence-electron chi connectivity index (χ4n) is 1.42. The van der Waals surface area contributed by atoms with E-state index in [0.29, 0.717) is 12.8 Å². The van der Waals surface area contributed by atoms with Crippen molar-refractivity contribution in [3.05, 3.63) is 11.8 Å². The first kappa shape index (κ1) is 12.4. The number of carboxylic acid groups (broad SMARTS) is 1. The minimum Gasteiger partial charge on any atom is -0.477 e. The molecule has 0 aromatic carbocycles. The lowest BCUT2D eigenvalue weighted by molar-refractivity contribution is -0.167. The number of anilines is 1. The van der Waals surface area contributed by atoms with E-state index in [-0.39, 0.29) is 6.04 Å². The Morgan fingerprint density at radius 1 is 1.44 bits per heavy atom. The molecule has 9 heteroatoms. The van der Waals surface area contributed by atoms with Crippen LogP contribution >= 0.6 is 0 Å². The molecule has 98 valence electrons. The molecular formula is C9H8F3N3O3. The van der Waals surface area contributed by atoms with Gasteiger partial charge in [-0.2, -0.15) is 18.3 Å². The van der Waals surface area contributed by atoms with Gasteiger partial charge >= 0.3 is 18.1 Å². The van der Waals surface area contributed by atoms with Crippen LogP contribution in [-0.4, -0.2) is 32.9 Å². The van der Waals surface area contributed by atoms with Gasteiger partial charge in [0, 0.05) is 0 Å². The Labute approximate surface area is 98.4 Å². The van der Waals surface area contributed by atoms with Crippen molar-refractivity contribution in [2.75, 3.05) is 5.32 Å². The van der Waals surface area contributed by atoms with Crippen LogP contribution in [-0.2, 0) is 4.79 Å². The molecule has 0 spiro atoms. The quantitative estimate of drug-likeness (QED) is 0.863. The van der Waals surface area contributed by atoms with Crippen molar-refractivity contribution in [3.8, 4) is 0 Å². The number of alkyl halides is 3. The Hall–Kier alpha value is -2.06. The second-order valence-corrected chi connectivity index (χ2v) is 3.84. The van der Waals surface area contributed by atoms with Crippen LogP contribution in [0, 0.1) is 0 Å². The van der Waals surface area contributed by atoms with Crippen LogP contribution in [0.2, 0.25) is 0 Å². The summed E-state index contributed by atoms with van der Waals surface area (Å²) in [5.41, 5.74) is -0.459. The van der Waals surface area contributed by atoms with Gasteiger partial charge in [0.2, 0.25) is 0 Å². The number of carbonyl (C=O) groups excluding carboxylic acids is 1. The molecule has 2 N–H and O–H groups in total. The van der Waals surface area contributed by atoms with Crippen molar-refractivity contribution in [3.63, 3.8) is 0 Å². The molecule has 2 rings (SSSR count). The predicted molar refractivity (Wildman–Crippen MR) is 52.1 cm³/mol. The molecule has 6 nitrogen and oxygen atoms in total. The number of aromatic nitrogens is 2. The van der Waals surface area contributed by atoms with Crippen LogP contribution in [0.1, 0.15) is 29.2 Å². The SMILES string of the molecule is O=C(O)c1cnn(C2CC2)c1NC(=O)C(F)(F)F. The largest absolute Gasteiger partial charge is 0.477 e. The van der Waals surface area contributed by atoms with Crippen molar-refractivity contribution in [2.45, 2.75) is 25.1 Å². The zero-order valence-corrected chi connectivity index (χ0v) is 8.86. The summed E-state index contributed by atoms with van der Waals surface area (Å²) < 4.78 is 37.5. The third kappa shape index (κ3) is 2.29. The summed E-state index contributed by atoms with van der Waals surface area (Å²) in [6.07, 6.45) is -2.77. The summed E-state index contributed by atoms with van der Waals surface area (Å²) in [6, 6.07) is -0.151. The molecule has 0 radical (unpaired) electrons. The van der Waals surface area contributed by atoms with Gasteiger partial charge in [-0.1, -0.05) is 0 Å². The number of amides is 1. The molecule has 0 unspecified atom stereocenters. The molecule has 1 aromatic heterocycles. The number of nitrogens with zero attached hydrogens (tertiary/aromatic N) is 2. The number of halogens is 3. The van der Waals surface area contributed by atoms with Crippen LogP contribution in [0.4, 0.5) is 19.0 Å². The molecule has 1 heterocycles. The molecule has 1 aromatic rings. The minimum absolute atomic E-state index is 0.151. The summed E-state index contributed by atoms with van der Waals surface area (Å²) in [5.74, 6) is -4.08. The van der Waals surface area contributed by atoms with Crippen LogP contribution in [0.25, 0.3) is 0 Å². The molecule has 1 aliphatic rings. The molecule has 1 fully saturated rings. The monoisotopic (exact) mass is 263 g/mol. The molecule has 1 amide bonds. The first-order chi connectivity index (χ1) is 8.30. The van der Waals surface area contributed by atoms with Crippen molar-refractivity contribution >= 4 is 17.7 Å². The predicted octanol–water partition coefficient (Wildman–Crippen LogP) is 1.42. The van der Waals surface area contributed by atoms with Crippen LogP contribution in [0.3, 0.4) is 0 Å². The summed E-state index contributed by atoms with van der Waals surface area (Å²) in [5, 5.41) is 14.1. The maximum Gasteiger partial charge on any atom is 0.471 e. The summed E-state index contributed by atoms with van der Waals surface area (Å²) in [4.78, 5) is 21.7. The lowest BCUT2D eigenvalue weighted by atomic mass is 10.3. The maximum atomic E-state index is 12.1. The van der Waals surface area contributed by atoms with Gasteiger partial charge in [-0.25, -0.2) is 9.48 Å². The molecule has 0 bridgehead atoms. The highest BCUT2D eigenvalue weighted by Gasteiger charge is 2.41. The lowest BCUT2D eigenvalue weighted by Crippen LogP contribution is -2.31.